The first kappa shape index (κ1) is 14.0. The molecule has 17 heavy (non-hydrogen) atoms. The Hall–Kier alpha value is -1.04. The lowest BCUT2D eigenvalue weighted by molar-refractivity contribution is -0.141. The van der Waals surface area contributed by atoms with Crippen LogP contribution in [0.4, 0.5) is 19.0 Å². The van der Waals surface area contributed by atoms with Gasteiger partial charge in [0.1, 0.15) is 5.82 Å². The maximum absolute atomic E-state index is 12.5. The molecular weight excluding hydrogens is 255 g/mol. The lowest BCUT2D eigenvalue weighted by Crippen LogP contribution is -2.29. The maximum Gasteiger partial charge on any atom is 0.433 e. The van der Waals surface area contributed by atoms with Gasteiger partial charge in [-0.25, -0.2) is 9.97 Å². The second-order valence-corrected chi connectivity index (χ2v) is 4.08. The van der Waals surface area contributed by atoms with E-state index in [1.165, 1.54) is 0 Å². The molecule has 0 fully saturated rings. The van der Waals surface area contributed by atoms with Crippen LogP contribution in [0.5, 0.6) is 0 Å². The van der Waals surface area contributed by atoms with Gasteiger partial charge in [0.15, 0.2) is 5.69 Å². The van der Waals surface area contributed by atoms with Gasteiger partial charge in [0, 0.05) is 19.2 Å². The zero-order chi connectivity index (χ0) is 13.2. The summed E-state index contributed by atoms with van der Waals surface area (Å²) in [5, 5.41) is -0.398. The molecule has 0 aliphatic rings. The summed E-state index contributed by atoms with van der Waals surface area (Å²) in [5.41, 5.74) is -1.03. The minimum absolute atomic E-state index is 0.0713. The zero-order valence-corrected chi connectivity index (χ0v) is 10.5. The third kappa shape index (κ3) is 3.46. The Morgan fingerprint density at radius 2 is 2.00 bits per heavy atom. The van der Waals surface area contributed by atoms with Crippen LogP contribution in [0.15, 0.2) is 6.07 Å². The lowest BCUT2D eigenvalue weighted by atomic mass is 10.2. The Morgan fingerprint density at radius 3 is 2.47 bits per heavy atom. The van der Waals surface area contributed by atoms with E-state index in [2.05, 4.69) is 9.97 Å². The fraction of sp³-hybridized carbons (Fsp3) is 0.600. The summed E-state index contributed by atoms with van der Waals surface area (Å²) in [7, 11) is 1.67. The van der Waals surface area contributed by atoms with Crippen LogP contribution in [0.2, 0.25) is 5.28 Å². The molecule has 0 amide bonds. The number of anilines is 1. The average Bonchev–Trinajstić information content (AvgIpc) is 2.25. The third-order valence-corrected chi connectivity index (χ3v) is 2.76. The van der Waals surface area contributed by atoms with Gasteiger partial charge < -0.3 is 4.90 Å². The van der Waals surface area contributed by atoms with Gasteiger partial charge in [-0.3, -0.25) is 0 Å². The average molecular weight is 268 g/mol. The molecule has 0 saturated heterocycles. The van der Waals surface area contributed by atoms with Crippen molar-refractivity contribution in [2.45, 2.75) is 32.5 Å². The molecule has 0 radical (unpaired) electrons. The zero-order valence-electron chi connectivity index (χ0n) is 9.72. The van der Waals surface area contributed by atoms with Crippen LogP contribution in [0.25, 0.3) is 0 Å². The molecule has 0 N–H and O–H groups in total. The van der Waals surface area contributed by atoms with Crippen molar-refractivity contribution < 1.29 is 13.2 Å². The van der Waals surface area contributed by atoms with Gasteiger partial charge >= 0.3 is 6.18 Å². The predicted molar refractivity (Wildman–Crippen MR) is 60.2 cm³/mol. The van der Waals surface area contributed by atoms with Crippen LogP contribution in [0, 0.1) is 0 Å². The van der Waals surface area contributed by atoms with E-state index in [0.29, 0.717) is 0 Å². The number of nitrogens with zero attached hydrogens (tertiary/aromatic N) is 3. The Morgan fingerprint density at radius 1 is 1.41 bits per heavy atom. The van der Waals surface area contributed by atoms with Crippen molar-refractivity contribution in [3.05, 3.63) is 17.0 Å². The summed E-state index contributed by atoms with van der Waals surface area (Å²) in [6.07, 6.45) is -3.73. The summed E-state index contributed by atoms with van der Waals surface area (Å²) in [6.45, 7) is 3.83. The molecule has 0 aromatic carbocycles. The van der Waals surface area contributed by atoms with Crippen molar-refractivity contribution in [1.82, 2.24) is 9.97 Å². The van der Waals surface area contributed by atoms with Crippen molar-refractivity contribution in [3.8, 4) is 0 Å². The maximum atomic E-state index is 12.5. The van der Waals surface area contributed by atoms with Crippen LogP contribution in [0.1, 0.15) is 26.0 Å². The molecule has 96 valence electrons. The van der Waals surface area contributed by atoms with Crippen molar-refractivity contribution in [3.63, 3.8) is 0 Å². The quantitative estimate of drug-likeness (QED) is 0.786. The Bertz CT molecular complexity index is 395. The van der Waals surface area contributed by atoms with Gasteiger partial charge in [0.25, 0.3) is 0 Å². The minimum atomic E-state index is -4.52. The van der Waals surface area contributed by atoms with E-state index < -0.39 is 17.2 Å². The van der Waals surface area contributed by atoms with Crippen LogP contribution in [-0.2, 0) is 6.18 Å². The first-order valence-corrected chi connectivity index (χ1v) is 5.48. The molecule has 3 nitrogen and oxygen atoms in total. The largest absolute Gasteiger partial charge is 0.433 e. The van der Waals surface area contributed by atoms with Gasteiger partial charge in [0.05, 0.1) is 0 Å². The Balaban J connectivity index is 3.14. The van der Waals surface area contributed by atoms with Gasteiger partial charge in [-0.05, 0) is 24.9 Å². The summed E-state index contributed by atoms with van der Waals surface area (Å²) in [4.78, 5) is 8.61. The number of halogens is 4. The molecule has 1 unspecified atom stereocenters. The molecular formula is C10H13ClF3N3. The molecule has 0 saturated carbocycles. The summed E-state index contributed by atoms with van der Waals surface area (Å²) in [5.74, 6) is 0.173. The van der Waals surface area contributed by atoms with Crippen molar-refractivity contribution >= 4 is 17.4 Å². The first-order chi connectivity index (χ1) is 7.75. The molecule has 0 spiro atoms. The molecule has 0 bridgehead atoms. The molecule has 0 aliphatic heterocycles. The number of alkyl halides is 3. The summed E-state index contributed by atoms with van der Waals surface area (Å²) >= 11 is 5.50. The molecule has 1 heterocycles. The van der Waals surface area contributed by atoms with Gasteiger partial charge in [0.2, 0.25) is 5.28 Å². The van der Waals surface area contributed by atoms with E-state index in [0.717, 1.165) is 12.5 Å². The summed E-state index contributed by atoms with van der Waals surface area (Å²) in [6, 6.07) is 0.972. The highest BCUT2D eigenvalue weighted by molar-refractivity contribution is 6.28. The van der Waals surface area contributed by atoms with E-state index >= 15 is 0 Å². The van der Waals surface area contributed by atoms with Gasteiger partial charge in [-0.1, -0.05) is 6.92 Å². The summed E-state index contributed by atoms with van der Waals surface area (Å²) < 4.78 is 37.6. The highest BCUT2D eigenvalue weighted by atomic mass is 35.5. The fourth-order valence-corrected chi connectivity index (χ4v) is 1.41. The van der Waals surface area contributed by atoms with Gasteiger partial charge in [-0.15, -0.1) is 0 Å². The van der Waals surface area contributed by atoms with Crippen molar-refractivity contribution in [2.24, 2.45) is 0 Å². The smallest absolute Gasteiger partial charge is 0.357 e. The molecule has 1 aromatic rings. The highest BCUT2D eigenvalue weighted by Crippen LogP contribution is 2.30. The topological polar surface area (TPSA) is 29.0 Å². The lowest BCUT2D eigenvalue weighted by Gasteiger charge is -2.25. The number of rotatable bonds is 3. The monoisotopic (exact) mass is 267 g/mol. The standard InChI is InChI=1S/C10H13ClF3N3/c1-4-6(2)17(3)8-5-7(10(12,13)14)15-9(11)16-8/h5-6H,4H2,1-3H3. The first-order valence-electron chi connectivity index (χ1n) is 5.10. The second kappa shape index (κ2) is 5.08. The van der Waals surface area contributed by atoms with E-state index in [1.54, 1.807) is 11.9 Å². The molecule has 0 aliphatic carbocycles. The molecule has 1 aromatic heterocycles. The molecule has 1 atom stereocenters. The van der Waals surface area contributed by atoms with E-state index in [-0.39, 0.29) is 11.9 Å². The Kier molecular flexibility index (Phi) is 4.19. The van der Waals surface area contributed by atoms with Crippen molar-refractivity contribution in [2.75, 3.05) is 11.9 Å². The number of aromatic nitrogens is 2. The third-order valence-electron chi connectivity index (χ3n) is 2.59. The fourth-order valence-electron chi connectivity index (χ4n) is 1.23. The molecule has 7 heteroatoms. The van der Waals surface area contributed by atoms with E-state index in [4.69, 9.17) is 11.6 Å². The van der Waals surface area contributed by atoms with Crippen molar-refractivity contribution in [1.29, 1.82) is 0 Å². The number of hydrogen-bond acceptors (Lipinski definition) is 3. The predicted octanol–water partition coefficient (Wildman–Crippen LogP) is 3.38. The van der Waals surface area contributed by atoms with Gasteiger partial charge in [-0.2, -0.15) is 13.2 Å². The van der Waals surface area contributed by atoms with Crippen LogP contribution < -0.4 is 4.90 Å². The highest BCUT2D eigenvalue weighted by Gasteiger charge is 2.34. The van der Waals surface area contributed by atoms with E-state index in [9.17, 15) is 13.2 Å². The van der Waals surface area contributed by atoms with Crippen LogP contribution >= 0.6 is 11.6 Å². The normalized spacial score (nSPS) is 13.6. The van der Waals surface area contributed by atoms with E-state index in [1.807, 2.05) is 13.8 Å². The SMILES string of the molecule is CCC(C)N(C)c1cc(C(F)(F)F)nc(Cl)n1. The molecule has 1 rings (SSSR count). The second-order valence-electron chi connectivity index (χ2n) is 3.75. The number of hydrogen-bond donors (Lipinski definition) is 0. The Labute approximate surface area is 103 Å². The minimum Gasteiger partial charge on any atom is -0.357 e. The van der Waals surface area contributed by atoms with Crippen LogP contribution in [-0.4, -0.2) is 23.1 Å². The van der Waals surface area contributed by atoms with Crippen LogP contribution in [0.3, 0.4) is 0 Å².